The Balaban J connectivity index is 1.67. The number of fused-ring (bicyclic) bond motifs is 4. The summed E-state index contributed by atoms with van der Waals surface area (Å²) in [4.78, 5) is 2.19. The molecule has 0 saturated carbocycles. The van der Waals surface area contributed by atoms with Gasteiger partial charge in [0.05, 0.1) is 54.5 Å². The van der Waals surface area contributed by atoms with E-state index in [0.29, 0.717) is 11.5 Å². The van der Waals surface area contributed by atoms with Gasteiger partial charge in [0.2, 0.25) is 0 Å². The molecule has 41 heavy (non-hydrogen) atoms. The Morgan fingerprint density at radius 2 is 1.29 bits per heavy atom. The van der Waals surface area contributed by atoms with E-state index in [2.05, 4.69) is 90.3 Å². The molecule has 0 fully saturated rings. The number of aromatic nitrogens is 1. The van der Waals surface area contributed by atoms with E-state index in [-0.39, 0.29) is 0 Å². The molecule has 6 heteroatoms. The molecule has 6 rings (SSSR count). The topological polar surface area (TPSA) is 44.0 Å². The maximum Gasteiger partial charge on any atom is 0.284 e. The molecule has 2 heterocycles. The molecule has 1 aliphatic rings. The number of rotatable bonds is 7. The molecule has 1 aliphatic heterocycles. The predicted octanol–water partition coefficient (Wildman–Crippen LogP) is 6.78. The number of benzene rings is 4. The van der Waals surface area contributed by atoms with E-state index in [1.54, 1.807) is 28.4 Å². The molecule has 4 aromatic carbocycles. The number of methoxy groups -OCH3 is 4. The van der Waals surface area contributed by atoms with Gasteiger partial charge in [-0.3, -0.25) is 4.90 Å². The van der Waals surface area contributed by atoms with Crippen LogP contribution in [0.5, 0.6) is 23.0 Å². The highest BCUT2D eigenvalue weighted by Crippen LogP contribution is 2.48. The van der Waals surface area contributed by atoms with Crippen molar-refractivity contribution in [1.29, 1.82) is 0 Å². The van der Waals surface area contributed by atoms with Crippen LogP contribution in [0.1, 0.15) is 5.56 Å². The zero-order chi connectivity index (χ0) is 28.7. The number of nitrogens with zero attached hydrogens (tertiary/aromatic N) is 2. The monoisotopic (exact) mass is 547 g/mol. The van der Waals surface area contributed by atoms with Gasteiger partial charge in [-0.25, -0.2) is 4.57 Å². The van der Waals surface area contributed by atoms with Gasteiger partial charge in [0, 0.05) is 34.6 Å². The van der Waals surface area contributed by atoms with Crippen molar-refractivity contribution in [2.75, 3.05) is 47.4 Å². The lowest BCUT2D eigenvalue weighted by Gasteiger charge is -2.26. The van der Waals surface area contributed by atoms with E-state index in [9.17, 15) is 0 Å². The molecule has 1 aromatic heterocycles. The quantitative estimate of drug-likeness (QED) is 0.210. The predicted molar refractivity (Wildman–Crippen MR) is 165 cm³/mol. The first kappa shape index (κ1) is 26.5. The van der Waals surface area contributed by atoms with Crippen molar-refractivity contribution in [1.82, 2.24) is 0 Å². The van der Waals surface area contributed by atoms with Gasteiger partial charge >= 0.3 is 0 Å². The minimum Gasteiger partial charge on any atom is -0.493 e. The molecule has 0 amide bonds. The highest BCUT2D eigenvalue weighted by atomic mass is 16.5. The molecule has 0 atom stereocenters. The second-order valence-corrected chi connectivity index (χ2v) is 10.4. The fraction of sp³-hybridized carbons (Fsp3) is 0.229. The van der Waals surface area contributed by atoms with Crippen molar-refractivity contribution in [3.05, 3.63) is 84.4 Å². The first-order valence-corrected chi connectivity index (χ1v) is 13.7. The van der Waals surface area contributed by atoms with Crippen LogP contribution in [0.25, 0.3) is 44.3 Å². The lowest BCUT2D eigenvalue weighted by Crippen LogP contribution is -2.45. The lowest BCUT2D eigenvalue weighted by atomic mass is 9.90. The SMILES string of the molecule is COc1ccc2c(c1OC)CC[n+]1c-2cc2c(-c3ccc(-c4ccccc4)cc3)c(OC)c(OC)cc2c1N(C)C. The van der Waals surface area contributed by atoms with Crippen molar-refractivity contribution in [2.45, 2.75) is 13.0 Å². The summed E-state index contributed by atoms with van der Waals surface area (Å²) in [5.41, 5.74) is 7.83. The van der Waals surface area contributed by atoms with Crippen molar-refractivity contribution in [3.63, 3.8) is 0 Å². The summed E-state index contributed by atoms with van der Waals surface area (Å²) >= 11 is 0. The summed E-state index contributed by atoms with van der Waals surface area (Å²) in [6, 6.07) is 27.6. The number of ether oxygens (including phenoxy) is 4. The third kappa shape index (κ3) is 4.31. The van der Waals surface area contributed by atoms with Crippen LogP contribution in [0.15, 0.2) is 78.9 Å². The van der Waals surface area contributed by atoms with Gasteiger partial charge in [-0.2, -0.15) is 0 Å². The zero-order valence-electron chi connectivity index (χ0n) is 24.4. The molecule has 0 aliphatic carbocycles. The summed E-state index contributed by atoms with van der Waals surface area (Å²) in [7, 11) is 11.0. The highest BCUT2D eigenvalue weighted by Gasteiger charge is 2.32. The van der Waals surface area contributed by atoms with Gasteiger partial charge in [-0.15, -0.1) is 0 Å². The Kier molecular flexibility index (Phi) is 6.91. The smallest absolute Gasteiger partial charge is 0.284 e. The Bertz CT molecular complexity index is 1750. The Morgan fingerprint density at radius 1 is 0.634 bits per heavy atom. The van der Waals surface area contributed by atoms with Crippen molar-refractivity contribution < 1.29 is 23.5 Å². The van der Waals surface area contributed by atoms with E-state index in [1.165, 1.54) is 5.56 Å². The molecule has 6 nitrogen and oxygen atoms in total. The van der Waals surface area contributed by atoms with Crippen molar-refractivity contribution in [3.8, 4) is 56.5 Å². The maximum atomic E-state index is 6.04. The third-order valence-corrected chi connectivity index (χ3v) is 7.99. The molecule has 208 valence electrons. The standard InChI is InChI=1S/C35H35N2O4/c1-36(2)35-28-21-31(39-4)34(41-6)32(24-14-12-23(13-15-24)22-10-8-7-9-11-22)27(28)20-29-25-16-17-30(38-3)33(40-5)26(25)18-19-37(29)35/h7-17,20-21H,18-19H2,1-6H3/q+1. The minimum absolute atomic E-state index is 0.702. The second-order valence-electron chi connectivity index (χ2n) is 10.4. The summed E-state index contributed by atoms with van der Waals surface area (Å²) in [6.07, 6.45) is 0.834. The van der Waals surface area contributed by atoms with Crippen LogP contribution in [0, 0.1) is 0 Å². The lowest BCUT2D eigenvalue weighted by molar-refractivity contribution is -0.674. The summed E-state index contributed by atoms with van der Waals surface area (Å²) < 4.78 is 25.8. The van der Waals surface area contributed by atoms with Crippen LogP contribution in [-0.2, 0) is 13.0 Å². The van der Waals surface area contributed by atoms with Gasteiger partial charge in [-0.05, 0) is 34.9 Å². The molecule has 0 unspecified atom stereocenters. The fourth-order valence-electron chi connectivity index (χ4n) is 6.20. The van der Waals surface area contributed by atoms with Gasteiger partial charge in [0.25, 0.3) is 5.82 Å². The Hall–Kier alpha value is -4.71. The Morgan fingerprint density at radius 3 is 1.93 bits per heavy atom. The zero-order valence-corrected chi connectivity index (χ0v) is 24.4. The summed E-state index contributed by atoms with van der Waals surface area (Å²) in [5, 5.41) is 2.19. The van der Waals surface area contributed by atoms with Gasteiger partial charge in [0.1, 0.15) is 5.69 Å². The van der Waals surface area contributed by atoms with Crippen molar-refractivity contribution in [2.24, 2.45) is 0 Å². The number of hydrogen-bond acceptors (Lipinski definition) is 5. The van der Waals surface area contributed by atoms with Gasteiger partial charge in [0.15, 0.2) is 23.0 Å². The minimum atomic E-state index is 0.702. The van der Waals surface area contributed by atoms with Crippen molar-refractivity contribution >= 4 is 16.6 Å². The van der Waals surface area contributed by atoms with Crippen LogP contribution < -0.4 is 28.4 Å². The summed E-state index contributed by atoms with van der Waals surface area (Å²) in [6.45, 7) is 0.810. The van der Waals surface area contributed by atoms with Gasteiger partial charge < -0.3 is 18.9 Å². The van der Waals surface area contributed by atoms with Crippen LogP contribution in [0.4, 0.5) is 5.82 Å². The number of anilines is 1. The number of pyridine rings is 1. The average molecular weight is 548 g/mol. The normalized spacial score (nSPS) is 12.0. The maximum absolute atomic E-state index is 6.04. The molecule has 0 N–H and O–H groups in total. The molecule has 0 saturated heterocycles. The largest absolute Gasteiger partial charge is 0.493 e. The van der Waals surface area contributed by atoms with E-state index < -0.39 is 0 Å². The highest BCUT2D eigenvalue weighted by molar-refractivity contribution is 6.06. The van der Waals surface area contributed by atoms with E-state index in [1.807, 2.05) is 12.1 Å². The molecule has 5 aromatic rings. The van der Waals surface area contributed by atoms with E-state index in [4.69, 9.17) is 18.9 Å². The van der Waals surface area contributed by atoms with Crippen LogP contribution >= 0.6 is 0 Å². The summed E-state index contributed by atoms with van der Waals surface area (Å²) in [5.74, 6) is 4.07. The third-order valence-electron chi connectivity index (χ3n) is 7.99. The van der Waals surface area contributed by atoms with Crippen LogP contribution in [0.3, 0.4) is 0 Å². The molecular weight excluding hydrogens is 512 g/mol. The first-order valence-electron chi connectivity index (χ1n) is 13.7. The van der Waals surface area contributed by atoms with E-state index in [0.717, 1.165) is 74.6 Å². The first-order chi connectivity index (χ1) is 20.0. The van der Waals surface area contributed by atoms with E-state index >= 15 is 0 Å². The average Bonchev–Trinajstić information content (AvgIpc) is 3.02. The molecule has 0 radical (unpaired) electrons. The van der Waals surface area contributed by atoms with Crippen LogP contribution in [-0.4, -0.2) is 42.5 Å². The van der Waals surface area contributed by atoms with Crippen LogP contribution in [0.2, 0.25) is 0 Å². The molecule has 0 bridgehead atoms. The molecule has 0 spiro atoms. The second kappa shape index (κ2) is 10.7. The Labute approximate surface area is 241 Å². The van der Waals surface area contributed by atoms with Gasteiger partial charge in [-0.1, -0.05) is 54.6 Å². The number of hydrogen-bond donors (Lipinski definition) is 0. The molecular formula is C35H35N2O4+. The fourth-order valence-corrected chi connectivity index (χ4v) is 6.20.